The summed E-state index contributed by atoms with van der Waals surface area (Å²) in [6.45, 7) is 1.95. The van der Waals surface area contributed by atoms with Crippen LogP contribution in [0.15, 0.2) is 24.3 Å². The Morgan fingerprint density at radius 3 is 2.50 bits per heavy atom. The van der Waals surface area contributed by atoms with E-state index in [9.17, 15) is 5.11 Å². The van der Waals surface area contributed by atoms with Crippen LogP contribution in [-0.4, -0.2) is 22.9 Å². The molecule has 3 nitrogen and oxygen atoms in total. The van der Waals surface area contributed by atoms with Gasteiger partial charge in [0.25, 0.3) is 0 Å². The molecule has 2 unspecified atom stereocenters. The van der Waals surface area contributed by atoms with Gasteiger partial charge in [-0.2, -0.15) is 0 Å². The lowest BCUT2D eigenvalue weighted by Crippen LogP contribution is -2.28. The van der Waals surface area contributed by atoms with Gasteiger partial charge >= 0.3 is 0 Å². The van der Waals surface area contributed by atoms with E-state index in [2.05, 4.69) is 5.32 Å². The van der Waals surface area contributed by atoms with Gasteiger partial charge in [-0.05, 0) is 42.9 Å². The fourth-order valence-corrected chi connectivity index (χ4v) is 2.63. The SMILES string of the molecule is OCc1ccc(CNCC2CCCC(O)C2)cc1. The zero-order valence-corrected chi connectivity index (χ0v) is 10.8. The Bertz CT molecular complexity index is 350. The second-order valence-electron chi connectivity index (χ2n) is 5.29. The van der Waals surface area contributed by atoms with Crippen molar-refractivity contribution in [3.8, 4) is 0 Å². The maximum Gasteiger partial charge on any atom is 0.0681 e. The van der Waals surface area contributed by atoms with E-state index in [0.717, 1.165) is 37.9 Å². The number of aliphatic hydroxyl groups excluding tert-OH is 2. The Hall–Kier alpha value is -0.900. The topological polar surface area (TPSA) is 52.5 Å². The Kier molecular flexibility index (Phi) is 5.17. The zero-order chi connectivity index (χ0) is 12.8. The minimum Gasteiger partial charge on any atom is -0.393 e. The van der Waals surface area contributed by atoms with Crippen LogP contribution >= 0.6 is 0 Å². The number of hydrogen-bond donors (Lipinski definition) is 3. The van der Waals surface area contributed by atoms with E-state index in [1.54, 1.807) is 0 Å². The lowest BCUT2D eigenvalue weighted by Gasteiger charge is -2.26. The second kappa shape index (κ2) is 6.88. The molecule has 0 spiro atoms. The molecular formula is C15H23NO2. The molecular weight excluding hydrogens is 226 g/mol. The minimum absolute atomic E-state index is 0.0885. The van der Waals surface area contributed by atoms with E-state index in [-0.39, 0.29) is 12.7 Å². The molecule has 3 N–H and O–H groups in total. The molecule has 1 aromatic rings. The van der Waals surface area contributed by atoms with E-state index in [1.165, 1.54) is 12.0 Å². The first-order chi connectivity index (χ1) is 8.78. The van der Waals surface area contributed by atoms with Gasteiger partial charge in [0.15, 0.2) is 0 Å². The Labute approximate surface area is 109 Å². The number of aliphatic hydroxyl groups is 2. The number of benzene rings is 1. The van der Waals surface area contributed by atoms with Crippen molar-refractivity contribution in [2.45, 2.75) is 44.9 Å². The largest absolute Gasteiger partial charge is 0.393 e. The quantitative estimate of drug-likeness (QED) is 0.746. The fraction of sp³-hybridized carbons (Fsp3) is 0.600. The summed E-state index contributed by atoms with van der Waals surface area (Å²) in [5, 5.41) is 22.0. The third kappa shape index (κ3) is 4.09. The summed E-state index contributed by atoms with van der Waals surface area (Å²) < 4.78 is 0. The summed E-state index contributed by atoms with van der Waals surface area (Å²) in [5.41, 5.74) is 2.19. The van der Waals surface area contributed by atoms with Crippen LogP contribution < -0.4 is 5.32 Å². The van der Waals surface area contributed by atoms with Gasteiger partial charge in [0.2, 0.25) is 0 Å². The first kappa shape index (κ1) is 13.5. The third-order valence-electron chi connectivity index (χ3n) is 3.72. The minimum atomic E-state index is -0.0885. The van der Waals surface area contributed by atoms with Crippen molar-refractivity contribution in [1.82, 2.24) is 5.32 Å². The van der Waals surface area contributed by atoms with E-state index in [1.807, 2.05) is 24.3 Å². The molecule has 0 amide bonds. The van der Waals surface area contributed by atoms with Crippen LogP contribution in [0, 0.1) is 5.92 Å². The van der Waals surface area contributed by atoms with Gasteiger partial charge in [0.05, 0.1) is 12.7 Å². The van der Waals surface area contributed by atoms with Crippen molar-refractivity contribution in [2.75, 3.05) is 6.54 Å². The van der Waals surface area contributed by atoms with Crippen molar-refractivity contribution < 1.29 is 10.2 Å². The van der Waals surface area contributed by atoms with Gasteiger partial charge < -0.3 is 15.5 Å². The highest BCUT2D eigenvalue weighted by Gasteiger charge is 2.19. The van der Waals surface area contributed by atoms with Crippen LogP contribution in [-0.2, 0) is 13.2 Å². The fourth-order valence-electron chi connectivity index (χ4n) is 2.63. The van der Waals surface area contributed by atoms with E-state index < -0.39 is 0 Å². The van der Waals surface area contributed by atoms with Crippen LogP contribution in [0.25, 0.3) is 0 Å². The molecule has 100 valence electrons. The third-order valence-corrected chi connectivity index (χ3v) is 3.72. The molecule has 1 fully saturated rings. The van der Waals surface area contributed by atoms with Crippen molar-refractivity contribution in [3.05, 3.63) is 35.4 Å². The van der Waals surface area contributed by atoms with Crippen molar-refractivity contribution in [2.24, 2.45) is 5.92 Å². The zero-order valence-electron chi connectivity index (χ0n) is 10.8. The van der Waals surface area contributed by atoms with Gasteiger partial charge in [0.1, 0.15) is 0 Å². The molecule has 2 atom stereocenters. The van der Waals surface area contributed by atoms with Crippen LogP contribution in [0.1, 0.15) is 36.8 Å². The molecule has 18 heavy (non-hydrogen) atoms. The molecule has 0 aromatic heterocycles. The number of rotatable bonds is 5. The maximum atomic E-state index is 9.60. The summed E-state index contributed by atoms with van der Waals surface area (Å²) in [5.74, 6) is 0.616. The molecule has 0 radical (unpaired) electrons. The van der Waals surface area contributed by atoms with Crippen LogP contribution in [0.2, 0.25) is 0 Å². The summed E-state index contributed by atoms with van der Waals surface area (Å²) in [6, 6.07) is 8.02. The van der Waals surface area contributed by atoms with Crippen molar-refractivity contribution >= 4 is 0 Å². The first-order valence-electron chi connectivity index (χ1n) is 6.85. The van der Waals surface area contributed by atoms with Gasteiger partial charge in [-0.15, -0.1) is 0 Å². The van der Waals surface area contributed by atoms with Gasteiger partial charge in [-0.3, -0.25) is 0 Å². The first-order valence-corrected chi connectivity index (χ1v) is 6.85. The molecule has 0 saturated heterocycles. The molecule has 1 aliphatic rings. The molecule has 1 aliphatic carbocycles. The predicted octanol–water partition coefficient (Wildman–Crippen LogP) is 1.82. The molecule has 3 heteroatoms. The molecule has 0 bridgehead atoms. The average molecular weight is 249 g/mol. The molecule has 0 heterocycles. The summed E-state index contributed by atoms with van der Waals surface area (Å²) in [6.07, 6.45) is 4.20. The predicted molar refractivity (Wildman–Crippen MR) is 72.0 cm³/mol. The smallest absolute Gasteiger partial charge is 0.0681 e. The molecule has 1 saturated carbocycles. The maximum absolute atomic E-state index is 9.60. The summed E-state index contributed by atoms with van der Waals surface area (Å²) >= 11 is 0. The van der Waals surface area contributed by atoms with Gasteiger partial charge in [-0.25, -0.2) is 0 Å². The number of nitrogens with one attached hydrogen (secondary N) is 1. The Morgan fingerprint density at radius 2 is 1.83 bits per heavy atom. The standard InChI is InChI=1S/C15H23NO2/c17-11-13-6-4-12(5-7-13)9-16-10-14-2-1-3-15(18)8-14/h4-7,14-18H,1-3,8-11H2. The van der Waals surface area contributed by atoms with E-state index >= 15 is 0 Å². The number of hydrogen-bond acceptors (Lipinski definition) is 3. The molecule has 0 aliphatic heterocycles. The highest BCUT2D eigenvalue weighted by atomic mass is 16.3. The van der Waals surface area contributed by atoms with Gasteiger partial charge in [-0.1, -0.05) is 30.7 Å². The lowest BCUT2D eigenvalue weighted by atomic mass is 9.87. The van der Waals surface area contributed by atoms with Crippen LogP contribution in [0.4, 0.5) is 0 Å². The normalized spacial score (nSPS) is 24.1. The van der Waals surface area contributed by atoms with E-state index in [4.69, 9.17) is 5.11 Å². The van der Waals surface area contributed by atoms with Crippen molar-refractivity contribution in [3.63, 3.8) is 0 Å². The van der Waals surface area contributed by atoms with Crippen LogP contribution in [0.5, 0.6) is 0 Å². The molecule has 1 aromatic carbocycles. The van der Waals surface area contributed by atoms with E-state index in [0.29, 0.717) is 5.92 Å². The molecule has 2 rings (SSSR count). The van der Waals surface area contributed by atoms with Crippen LogP contribution in [0.3, 0.4) is 0 Å². The highest BCUT2D eigenvalue weighted by molar-refractivity contribution is 5.21. The van der Waals surface area contributed by atoms with Gasteiger partial charge in [0, 0.05) is 6.54 Å². The average Bonchev–Trinajstić information content (AvgIpc) is 2.40. The second-order valence-corrected chi connectivity index (χ2v) is 5.29. The van der Waals surface area contributed by atoms with Crippen molar-refractivity contribution in [1.29, 1.82) is 0 Å². The Balaban J connectivity index is 1.70. The summed E-state index contributed by atoms with van der Waals surface area (Å²) in [4.78, 5) is 0. The Morgan fingerprint density at radius 1 is 1.11 bits per heavy atom. The highest BCUT2D eigenvalue weighted by Crippen LogP contribution is 2.23. The lowest BCUT2D eigenvalue weighted by molar-refractivity contribution is 0.101. The monoisotopic (exact) mass is 249 g/mol. The summed E-state index contributed by atoms with van der Waals surface area (Å²) in [7, 11) is 0.